The van der Waals surface area contributed by atoms with Crippen LogP contribution in [0.4, 0.5) is 4.79 Å². The van der Waals surface area contributed by atoms with Crippen LogP contribution in [-0.4, -0.2) is 30.5 Å². The summed E-state index contributed by atoms with van der Waals surface area (Å²) in [5.74, 6) is -2.10. The summed E-state index contributed by atoms with van der Waals surface area (Å²) < 4.78 is 0. The number of rotatable bonds is 1. The Balaban J connectivity index is 2.41. The first-order valence-corrected chi connectivity index (χ1v) is 4.15. The van der Waals surface area contributed by atoms with Gasteiger partial charge in [0.2, 0.25) is 7.85 Å². The first-order valence-electron chi connectivity index (χ1n) is 4.15. The number of carbonyl (C=O) groups is 3. The molecule has 1 heterocycles. The minimum atomic E-state index is -0.954. The van der Waals surface area contributed by atoms with Gasteiger partial charge >= 0.3 is 0 Å². The van der Waals surface area contributed by atoms with Crippen LogP contribution in [0.2, 0.25) is 0 Å². The van der Waals surface area contributed by atoms with Gasteiger partial charge in [0.15, 0.2) is 5.81 Å². The van der Waals surface area contributed by atoms with Crippen LogP contribution in [0.25, 0.3) is 0 Å². The van der Waals surface area contributed by atoms with Crippen LogP contribution in [0.5, 0.6) is 0 Å². The van der Waals surface area contributed by atoms with Crippen LogP contribution in [-0.2, 0) is 0 Å². The molecule has 1 aliphatic rings. The molecule has 0 spiro atoms. The minimum Gasteiger partial charge on any atom is -0.288 e. The smallest absolute Gasteiger partial charge is 0.280 e. The van der Waals surface area contributed by atoms with Crippen molar-refractivity contribution in [2.45, 2.75) is 0 Å². The number of fused-ring (bicyclic) bond motifs is 1. The molecule has 2 rings (SSSR count). The standard InChI is InChI=1S/C9H5BN2O3/c10-9(15)11-12-7(13)5-3-1-2-4-6(5)8(12)14/h1-4H,(H,11,15). The van der Waals surface area contributed by atoms with Crippen molar-refractivity contribution in [1.82, 2.24) is 10.4 Å². The SMILES string of the molecule is [B]C(=O)NN1C(=O)c2ccccc2C1=O. The summed E-state index contributed by atoms with van der Waals surface area (Å²) in [4.78, 5) is 33.7. The predicted octanol–water partition coefficient (Wildman–Crippen LogP) is 0.0757. The molecule has 72 valence electrons. The van der Waals surface area contributed by atoms with Gasteiger partial charge in [0.1, 0.15) is 0 Å². The number of hydrogen-bond acceptors (Lipinski definition) is 3. The van der Waals surface area contributed by atoms with Gasteiger partial charge in [-0.15, -0.1) is 0 Å². The quantitative estimate of drug-likeness (QED) is 0.515. The highest BCUT2D eigenvalue weighted by Crippen LogP contribution is 2.20. The third kappa shape index (κ3) is 1.39. The second kappa shape index (κ2) is 3.23. The van der Waals surface area contributed by atoms with Crippen molar-refractivity contribution in [2.75, 3.05) is 0 Å². The Hall–Kier alpha value is -2.11. The molecule has 0 aliphatic carbocycles. The lowest BCUT2D eigenvalue weighted by Gasteiger charge is -2.13. The maximum atomic E-state index is 11.6. The Kier molecular flexibility index (Phi) is 2.04. The molecule has 0 fully saturated rings. The van der Waals surface area contributed by atoms with Crippen molar-refractivity contribution in [2.24, 2.45) is 0 Å². The maximum Gasteiger partial charge on any atom is 0.280 e. The van der Waals surface area contributed by atoms with Gasteiger partial charge in [-0.2, -0.15) is 5.01 Å². The van der Waals surface area contributed by atoms with Crippen molar-refractivity contribution < 1.29 is 14.4 Å². The van der Waals surface area contributed by atoms with E-state index in [2.05, 4.69) is 0 Å². The number of nitrogens with one attached hydrogen (secondary N) is 1. The summed E-state index contributed by atoms with van der Waals surface area (Å²) in [6.07, 6.45) is 0. The highest BCUT2D eigenvalue weighted by molar-refractivity contribution is 6.57. The third-order valence-corrected chi connectivity index (χ3v) is 2.02. The molecule has 1 aliphatic heterocycles. The van der Waals surface area contributed by atoms with Crippen molar-refractivity contribution in [3.63, 3.8) is 0 Å². The summed E-state index contributed by atoms with van der Waals surface area (Å²) in [6.45, 7) is 0. The van der Waals surface area contributed by atoms with Crippen LogP contribution in [0, 0.1) is 0 Å². The van der Waals surface area contributed by atoms with E-state index in [9.17, 15) is 14.4 Å². The van der Waals surface area contributed by atoms with Crippen molar-refractivity contribution in [3.8, 4) is 0 Å². The molecule has 1 N–H and O–H groups in total. The molecule has 15 heavy (non-hydrogen) atoms. The molecule has 0 aromatic heterocycles. The average Bonchev–Trinajstić information content (AvgIpc) is 2.44. The Bertz CT molecular complexity index is 437. The van der Waals surface area contributed by atoms with E-state index in [1.165, 1.54) is 12.1 Å². The fourth-order valence-electron chi connectivity index (χ4n) is 1.40. The van der Waals surface area contributed by atoms with E-state index < -0.39 is 17.6 Å². The van der Waals surface area contributed by atoms with Gasteiger partial charge in [-0.1, -0.05) is 12.1 Å². The average molecular weight is 200 g/mol. The molecule has 0 saturated heterocycles. The van der Waals surface area contributed by atoms with Crippen LogP contribution in [0.3, 0.4) is 0 Å². The van der Waals surface area contributed by atoms with Crippen LogP contribution >= 0.6 is 0 Å². The van der Waals surface area contributed by atoms with Gasteiger partial charge in [-0.25, -0.2) is 0 Å². The lowest BCUT2D eigenvalue weighted by molar-refractivity contribution is 0.0596. The molecule has 1 aromatic rings. The Labute approximate surface area is 86.4 Å². The van der Waals surface area contributed by atoms with Gasteiger partial charge < -0.3 is 0 Å². The highest BCUT2D eigenvalue weighted by Gasteiger charge is 2.35. The molecule has 2 radical (unpaired) electrons. The van der Waals surface area contributed by atoms with E-state index in [1.807, 2.05) is 5.43 Å². The lowest BCUT2D eigenvalue weighted by Crippen LogP contribution is -2.45. The number of amides is 3. The highest BCUT2D eigenvalue weighted by atomic mass is 16.2. The molecule has 5 nitrogen and oxygen atoms in total. The number of nitrogens with zero attached hydrogens (tertiary/aromatic N) is 1. The van der Waals surface area contributed by atoms with Crippen LogP contribution in [0.15, 0.2) is 24.3 Å². The van der Waals surface area contributed by atoms with E-state index >= 15 is 0 Å². The second-order valence-electron chi connectivity index (χ2n) is 2.97. The first kappa shape index (κ1) is 9.45. The largest absolute Gasteiger partial charge is 0.288 e. The topological polar surface area (TPSA) is 66.5 Å². The summed E-state index contributed by atoms with van der Waals surface area (Å²) >= 11 is 0. The molecule has 3 amide bonds. The normalized spacial score (nSPS) is 14.0. The molecule has 0 bridgehead atoms. The monoisotopic (exact) mass is 200 g/mol. The van der Waals surface area contributed by atoms with E-state index in [-0.39, 0.29) is 11.1 Å². The van der Waals surface area contributed by atoms with Gasteiger partial charge in [-0.05, 0) is 12.1 Å². The van der Waals surface area contributed by atoms with Crippen molar-refractivity contribution in [1.29, 1.82) is 0 Å². The zero-order valence-corrected chi connectivity index (χ0v) is 7.56. The van der Waals surface area contributed by atoms with Gasteiger partial charge in [0.05, 0.1) is 11.1 Å². The lowest BCUT2D eigenvalue weighted by atomic mass is 10.1. The number of hydrazine groups is 1. The Morgan fingerprint density at radius 1 is 1.13 bits per heavy atom. The maximum absolute atomic E-state index is 11.6. The summed E-state index contributed by atoms with van der Waals surface area (Å²) in [6, 6.07) is 6.30. The van der Waals surface area contributed by atoms with E-state index in [0.29, 0.717) is 5.01 Å². The molecule has 0 unspecified atom stereocenters. The molecule has 0 saturated carbocycles. The van der Waals surface area contributed by atoms with E-state index in [4.69, 9.17) is 7.85 Å². The van der Waals surface area contributed by atoms with Crippen LogP contribution in [0.1, 0.15) is 20.7 Å². The first-order chi connectivity index (χ1) is 7.11. The second-order valence-corrected chi connectivity index (χ2v) is 2.97. The van der Waals surface area contributed by atoms with Gasteiger partial charge in [0.25, 0.3) is 11.8 Å². The fraction of sp³-hybridized carbons (Fsp3) is 0. The summed E-state index contributed by atoms with van der Waals surface area (Å²) in [7, 11) is 4.84. The van der Waals surface area contributed by atoms with Gasteiger partial charge in [-0.3, -0.25) is 19.8 Å². The van der Waals surface area contributed by atoms with E-state index in [1.54, 1.807) is 12.1 Å². The fourth-order valence-corrected chi connectivity index (χ4v) is 1.40. The zero-order valence-electron chi connectivity index (χ0n) is 7.56. The number of benzene rings is 1. The summed E-state index contributed by atoms with van der Waals surface area (Å²) in [5.41, 5.74) is 2.48. The Morgan fingerprint density at radius 3 is 2.00 bits per heavy atom. The minimum absolute atomic E-state index is 0.260. The third-order valence-electron chi connectivity index (χ3n) is 2.02. The Morgan fingerprint density at radius 2 is 1.60 bits per heavy atom. The van der Waals surface area contributed by atoms with Crippen LogP contribution < -0.4 is 5.43 Å². The van der Waals surface area contributed by atoms with E-state index in [0.717, 1.165) is 0 Å². The number of hydrogen-bond donors (Lipinski definition) is 1. The van der Waals surface area contributed by atoms with Gasteiger partial charge in [0, 0.05) is 0 Å². The number of imide groups is 1. The predicted molar refractivity (Wildman–Crippen MR) is 51.2 cm³/mol. The molecule has 1 aromatic carbocycles. The molecular weight excluding hydrogens is 195 g/mol. The number of carbonyl (C=O) groups excluding carboxylic acids is 3. The summed E-state index contributed by atoms with van der Waals surface area (Å²) in [5, 5.41) is 0.604. The molecule has 0 atom stereocenters. The van der Waals surface area contributed by atoms with Crippen molar-refractivity contribution >= 4 is 25.5 Å². The molecular formula is C9H5BN2O3. The van der Waals surface area contributed by atoms with Crippen molar-refractivity contribution in [3.05, 3.63) is 35.4 Å². The molecule has 6 heteroatoms. The zero-order chi connectivity index (χ0) is 11.0.